The van der Waals surface area contributed by atoms with Crippen molar-refractivity contribution in [1.29, 1.82) is 0 Å². The van der Waals surface area contributed by atoms with Gasteiger partial charge in [0.1, 0.15) is 19.6 Å². The van der Waals surface area contributed by atoms with Crippen molar-refractivity contribution in [1.82, 2.24) is 4.90 Å². The molecule has 0 spiro atoms. The molecule has 0 aliphatic rings. The van der Waals surface area contributed by atoms with Crippen LogP contribution >= 0.6 is 0 Å². The van der Waals surface area contributed by atoms with Gasteiger partial charge in [0.05, 0.1) is 29.5 Å². The normalized spacial score (nSPS) is 11.0. The fourth-order valence-corrected chi connectivity index (χ4v) is 1.55. The van der Waals surface area contributed by atoms with Gasteiger partial charge in [0, 0.05) is 0 Å². The van der Waals surface area contributed by atoms with Gasteiger partial charge in [-0.3, -0.25) is 65.6 Å². The highest BCUT2D eigenvalue weighted by atomic mass is 16.7. The summed E-state index contributed by atoms with van der Waals surface area (Å²) in [5, 5.41) is 63.5. The summed E-state index contributed by atoms with van der Waals surface area (Å²) in [4.78, 5) is 55.0. The van der Waals surface area contributed by atoms with E-state index < -0.39 is 67.7 Å². The van der Waals surface area contributed by atoms with Crippen molar-refractivity contribution in [2.75, 3.05) is 19.6 Å². The molecule has 0 bridgehead atoms. The van der Waals surface area contributed by atoms with Gasteiger partial charge in [-0.2, -0.15) is 0 Å². The van der Waals surface area contributed by atoms with Crippen LogP contribution in [0, 0.1) is 60.7 Å². The molecule has 0 saturated carbocycles. The Morgan fingerprint density at radius 3 is 0.760 bits per heavy atom. The summed E-state index contributed by atoms with van der Waals surface area (Å²) in [6, 6.07) is 0. The standard InChI is InChI=1S/C6H9N7O12/c14-8(15)4(9(16)17)1-7(2-5(10(18)19)11(20)21)3-6(12(22)23)13(24)25/h4-6H,1-3H2. The van der Waals surface area contributed by atoms with Crippen molar-refractivity contribution in [3.63, 3.8) is 0 Å². The first-order valence-corrected chi connectivity index (χ1v) is 5.91. The van der Waals surface area contributed by atoms with E-state index in [4.69, 9.17) is 0 Å². The van der Waals surface area contributed by atoms with Gasteiger partial charge in [0.15, 0.2) is 0 Å². The molecule has 0 N–H and O–H groups in total. The first kappa shape index (κ1) is 21.4. The van der Waals surface area contributed by atoms with Crippen LogP contribution in [0.3, 0.4) is 0 Å². The quantitative estimate of drug-likeness (QED) is 0.203. The van der Waals surface area contributed by atoms with Gasteiger partial charge in [-0.1, -0.05) is 0 Å². The molecule has 0 aromatic heterocycles. The number of hydrogen-bond donors (Lipinski definition) is 0. The fourth-order valence-electron chi connectivity index (χ4n) is 1.55. The maximum absolute atomic E-state index is 10.6. The van der Waals surface area contributed by atoms with Crippen molar-refractivity contribution >= 4 is 0 Å². The first-order chi connectivity index (χ1) is 11.4. The molecule has 0 heterocycles. The van der Waals surface area contributed by atoms with Gasteiger partial charge >= 0.3 is 18.5 Å². The Morgan fingerprint density at radius 1 is 0.480 bits per heavy atom. The molecule has 0 atom stereocenters. The van der Waals surface area contributed by atoms with Gasteiger partial charge in [0.25, 0.3) is 0 Å². The Bertz CT molecular complexity index is 470. The van der Waals surface area contributed by atoms with Gasteiger partial charge in [-0.25, -0.2) is 0 Å². The molecule has 19 heteroatoms. The summed E-state index contributed by atoms with van der Waals surface area (Å²) in [6.07, 6.45) is -7.96. The maximum Gasteiger partial charge on any atom is 0.462 e. The maximum atomic E-state index is 10.6. The summed E-state index contributed by atoms with van der Waals surface area (Å²) in [6.45, 7) is -4.05. The molecule has 0 aliphatic heterocycles. The van der Waals surface area contributed by atoms with E-state index in [0.29, 0.717) is 0 Å². The number of hydrogen-bond acceptors (Lipinski definition) is 13. The minimum atomic E-state index is -2.65. The molecule has 0 aromatic carbocycles. The lowest BCUT2D eigenvalue weighted by Crippen LogP contribution is -2.52. The second kappa shape index (κ2) is 8.85. The predicted molar refractivity (Wildman–Crippen MR) is 69.8 cm³/mol. The van der Waals surface area contributed by atoms with E-state index in [2.05, 4.69) is 0 Å². The average Bonchev–Trinajstić information content (AvgIpc) is 2.43. The van der Waals surface area contributed by atoms with E-state index in [1.54, 1.807) is 0 Å². The van der Waals surface area contributed by atoms with Crippen LogP contribution < -0.4 is 0 Å². The predicted octanol–water partition coefficient (Wildman–Crippen LogP) is -2.07. The Hall–Kier alpha value is -3.64. The summed E-state index contributed by atoms with van der Waals surface area (Å²) >= 11 is 0. The van der Waals surface area contributed by atoms with E-state index in [1.165, 1.54) is 0 Å². The fraction of sp³-hybridized carbons (Fsp3) is 1.00. The smallest absolute Gasteiger partial charge is 0.264 e. The van der Waals surface area contributed by atoms with Gasteiger partial charge in [0.2, 0.25) is 0 Å². The molecule has 0 unspecified atom stereocenters. The Balaban J connectivity index is 5.62. The molecular weight excluding hydrogens is 362 g/mol. The summed E-state index contributed by atoms with van der Waals surface area (Å²) in [5.41, 5.74) is 0. The van der Waals surface area contributed by atoms with E-state index in [-0.39, 0.29) is 4.90 Å². The summed E-state index contributed by atoms with van der Waals surface area (Å²) in [5.74, 6) is 0. The van der Waals surface area contributed by atoms with Gasteiger partial charge in [-0.05, 0) is 0 Å². The highest BCUT2D eigenvalue weighted by Crippen LogP contribution is 2.06. The molecule has 140 valence electrons. The molecule has 25 heavy (non-hydrogen) atoms. The number of rotatable bonds is 12. The number of nitro groups is 6. The van der Waals surface area contributed by atoms with E-state index in [9.17, 15) is 60.7 Å². The minimum Gasteiger partial charge on any atom is -0.264 e. The zero-order chi connectivity index (χ0) is 19.9. The van der Waals surface area contributed by atoms with E-state index in [1.807, 2.05) is 0 Å². The molecule has 0 aliphatic carbocycles. The second-order valence-corrected chi connectivity index (χ2v) is 4.37. The molecular formula is C6H9N7O12. The summed E-state index contributed by atoms with van der Waals surface area (Å²) < 4.78 is 0. The Morgan fingerprint density at radius 2 is 0.640 bits per heavy atom. The van der Waals surface area contributed by atoms with Crippen LogP contribution in [0.2, 0.25) is 0 Å². The third-order valence-electron chi connectivity index (χ3n) is 2.72. The first-order valence-electron chi connectivity index (χ1n) is 5.91. The average molecular weight is 371 g/mol. The molecule has 0 aromatic rings. The van der Waals surface area contributed by atoms with E-state index >= 15 is 0 Å². The monoisotopic (exact) mass is 371 g/mol. The topological polar surface area (TPSA) is 262 Å². The van der Waals surface area contributed by atoms with E-state index in [0.717, 1.165) is 0 Å². The van der Waals surface area contributed by atoms with Crippen molar-refractivity contribution < 1.29 is 29.5 Å². The molecule has 0 fully saturated rings. The van der Waals surface area contributed by atoms with Gasteiger partial charge in [-0.15, -0.1) is 0 Å². The van der Waals surface area contributed by atoms with Crippen LogP contribution in [-0.2, 0) is 0 Å². The Labute approximate surface area is 134 Å². The van der Waals surface area contributed by atoms with Crippen LogP contribution in [-0.4, -0.2) is 72.6 Å². The SMILES string of the molecule is O=[N+]([O-])C(CN(CC([N+](=O)[O-])[N+](=O)[O-])CC([N+](=O)[O-])[N+](=O)[O-])[N+](=O)[O-]. The van der Waals surface area contributed by atoms with Crippen molar-refractivity contribution in [3.8, 4) is 0 Å². The van der Waals surface area contributed by atoms with Gasteiger partial charge < -0.3 is 0 Å². The molecule has 0 rings (SSSR count). The van der Waals surface area contributed by atoms with Crippen LogP contribution in [0.1, 0.15) is 0 Å². The van der Waals surface area contributed by atoms with Crippen LogP contribution in [0.4, 0.5) is 0 Å². The summed E-state index contributed by atoms with van der Waals surface area (Å²) in [7, 11) is 0. The zero-order valence-corrected chi connectivity index (χ0v) is 11.9. The zero-order valence-electron chi connectivity index (χ0n) is 11.9. The minimum absolute atomic E-state index is 0.197. The third kappa shape index (κ3) is 6.55. The molecule has 19 nitrogen and oxygen atoms in total. The molecule has 0 saturated heterocycles. The van der Waals surface area contributed by atoms with Crippen LogP contribution in [0.15, 0.2) is 0 Å². The Kier molecular flexibility index (Phi) is 7.56. The lowest BCUT2D eigenvalue weighted by atomic mass is 10.3. The third-order valence-corrected chi connectivity index (χ3v) is 2.72. The lowest BCUT2D eigenvalue weighted by Gasteiger charge is -2.18. The number of nitrogens with zero attached hydrogens (tertiary/aromatic N) is 7. The molecule has 0 radical (unpaired) electrons. The largest absolute Gasteiger partial charge is 0.462 e. The highest BCUT2D eigenvalue weighted by molar-refractivity contribution is 4.64. The van der Waals surface area contributed by atoms with Crippen molar-refractivity contribution in [3.05, 3.63) is 60.7 Å². The van der Waals surface area contributed by atoms with Crippen molar-refractivity contribution in [2.45, 2.75) is 18.5 Å². The highest BCUT2D eigenvalue weighted by Gasteiger charge is 2.45. The lowest BCUT2D eigenvalue weighted by molar-refractivity contribution is -0.755. The second-order valence-electron chi connectivity index (χ2n) is 4.37. The van der Waals surface area contributed by atoms with Crippen LogP contribution in [0.25, 0.3) is 0 Å². The van der Waals surface area contributed by atoms with Crippen molar-refractivity contribution in [2.24, 2.45) is 0 Å². The van der Waals surface area contributed by atoms with Crippen LogP contribution in [0.5, 0.6) is 0 Å². The molecule has 0 amide bonds.